The number of anilines is 3. The van der Waals surface area contributed by atoms with Crippen LogP contribution < -0.4 is 26.0 Å². The molecule has 0 spiro atoms. The molecule has 1 aliphatic rings. The average molecular weight is 546 g/mol. The summed E-state index contributed by atoms with van der Waals surface area (Å²) in [6.07, 6.45) is 1.37. The van der Waals surface area contributed by atoms with Crippen LogP contribution in [-0.2, 0) is 16.0 Å². The fourth-order valence-electron chi connectivity index (χ4n) is 3.54. The van der Waals surface area contributed by atoms with E-state index in [4.69, 9.17) is 30.1 Å². The van der Waals surface area contributed by atoms with E-state index in [0.29, 0.717) is 11.3 Å². The van der Waals surface area contributed by atoms with Crippen molar-refractivity contribution in [1.82, 2.24) is 31.0 Å². The maximum atomic E-state index is 12.8. The lowest BCUT2D eigenvalue weighted by Crippen LogP contribution is -2.49. The third-order valence-corrected chi connectivity index (χ3v) is 5.46. The zero-order chi connectivity index (χ0) is 28.9. The van der Waals surface area contributed by atoms with Gasteiger partial charge in [0.25, 0.3) is 11.8 Å². The van der Waals surface area contributed by atoms with E-state index in [1.165, 1.54) is 13.2 Å². The van der Waals surface area contributed by atoms with Gasteiger partial charge in [-0.15, -0.1) is 10.2 Å². The Labute approximate surface area is 230 Å². The second-order valence-corrected chi connectivity index (χ2v) is 8.81. The van der Waals surface area contributed by atoms with Crippen molar-refractivity contribution in [3.63, 3.8) is 0 Å². The Bertz CT molecular complexity index is 1410. The SMILES string of the molecule is [B]C([B])(O)NC(=O)c1nnc(NC(=O)C2CC2)cc1Nc1cccc(-c2nc(CC(=O)NCCO)no2)c1OC. The van der Waals surface area contributed by atoms with E-state index in [-0.39, 0.29) is 66.1 Å². The summed E-state index contributed by atoms with van der Waals surface area (Å²) in [4.78, 5) is 41.2. The number of amides is 3. The highest BCUT2D eigenvalue weighted by Crippen LogP contribution is 2.38. The minimum absolute atomic E-state index is 0.0463. The summed E-state index contributed by atoms with van der Waals surface area (Å²) in [7, 11) is 12.0. The third kappa shape index (κ3) is 7.33. The smallest absolute Gasteiger partial charge is 0.274 e. The maximum Gasteiger partial charge on any atom is 0.274 e. The molecule has 1 saturated carbocycles. The minimum atomic E-state index is -2.53. The van der Waals surface area contributed by atoms with Gasteiger partial charge in [-0.2, -0.15) is 4.98 Å². The standard InChI is InChI=1S/C23H24B2N8O7/c1-39-19-12(22-29-16(33-40-22)10-17(35)26-7-8-34)3-2-4-13(19)27-14-9-15(28-20(36)11-5-6-11)31-32-18(14)21(37)30-23(24,25)38/h2-4,9,11,34,38H,5-8,10H2,1H3,(H,26,35)(H,30,37)(H2,27,28,31,36). The molecule has 0 atom stereocenters. The van der Waals surface area contributed by atoms with Gasteiger partial charge in [0, 0.05) is 24.1 Å². The van der Waals surface area contributed by atoms with Crippen LogP contribution in [0.25, 0.3) is 11.5 Å². The van der Waals surface area contributed by atoms with Gasteiger partial charge in [0.2, 0.25) is 11.8 Å². The number of methoxy groups -OCH3 is 1. The molecular weight excluding hydrogens is 522 g/mol. The number of nitrogens with zero attached hydrogens (tertiary/aromatic N) is 4. The Morgan fingerprint density at radius 3 is 2.65 bits per heavy atom. The van der Waals surface area contributed by atoms with Crippen LogP contribution in [-0.4, -0.2) is 89.8 Å². The molecular formula is C23H24B2N8O7. The van der Waals surface area contributed by atoms with E-state index in [2.05, 4.69) is 36.3 Å². The Morgan fingerprint density at radius 1 is 1.20 bits per heavy atom. The number of para-hydroxylation sites is 1. The number of benzene rings is 1. The number of carbonyl (C=O) groups excluding carboxylic acids is 3. The second kappa shape index (κ2) is 12.1. The number of rotatable bonds is 12. The molecule has 0 bridgehead atoms. The average Bonchev–Trinajstić information content (AvgIpc) is 3.65. The normalized spacial score (nSPS) is 12.9. The van der Waals surface area contributed by atoms with Gasteiger partial charge >= 0.3 is 0 Å². The maximum absolute atomic E-state index is 12.8. The van der Waals surface area contributed by atoms with Crippen LogP contribution in [0.15, 0.2) is 28.8 Å². The molecule has 3 amide bonds. The number of aliphatic hydroxyl groups is 2. The summed E-state index contributed by atoms with van der Waals surface area (Å²) in [5.41, 5.74) is -2.10. The number of aromatic nitrogens is 4. The quantitative estimate of drug-likeness (QED) is 0.119. The number of hydrogen-bond acceptors (Lipinski definition) is 12. The van der Waals surface area contributed by atoms with Crippen LogP contribution >= 0.6 is 0 Å². The Hall–Kier alpha value is -4.50. The minimum Gasteiger partial charge on any atom is -0.494 e. The van der Waals surface area contributed by atoms with E-state index in [0.717, 1.165) is 12.8 Å². The van der Waals surface area contributed by atoms with Crippen LogP contribution in [0.4, 0.5) is 17.2 Å². The van der Waals surface area contributed by atoms with Crippen LogP contribution in [0.3, 0.4) is 0 Å². The first-order chi connectivity index (χ1) is 19.1. The fraction of sp³-hybridized carbons (Fsp3) is 0.348. The first-order valence-corrected chi connectivity index (χ1v) is 12.0. The number of ether oxygens (including phenoxy) is 1. The topological polar surface area (TPSA) is 214 Å². The number of carbonyl (C=O) groups is 3. The lowest BCUT2D eigenvalue weighted by Gasteiger charge is -2.21. The van der Waals surface area contributed by atoms with Crippen molar-refractivity contribution in [3.05, 3.63) is 35.8 Å². The lowest BCUT2D eigenvalue weighted by molar-refractivity contribution is -0.120. The first kappa shape index (κ1) is 28.5. The monoisotopic (exact) mass is 546 g/mol. The zero-order valence-corrected chi connectivity index (χ0v) is 21.3. The number of aliphatic hydroxyl groups excluding tert-OH is 1. The van der Waals surface area contributed by atoms with Gasteiger partial charge < -0.3 is 40.7 Å². The molecule has 40 heavy (non-hydrogen) atoms. The molecule has 4 radical (unpaired) electrons. The molecule has 1 fully saturated rings. The molecule has 0 aliphatic heterocycles. The second-order valence-electron chi connectivity index (χ2n) is 8.81. The number of hydrogen-bond donors (Lipinski definition) is 6. The summed E-state index contributed by atoms with van der Waals surface area (Å²) in [5, 5.41) is 40.2. The zero-order valence-electron chi connectivity index (χ0n) is 21.3. The van der Waals surface area contributed by atoms with E-state index < -0.39 is 17.3 Å². The van der Waals surface area contributed by atoms with Crippen molar-refractivity contribution in [2.75, 3.05) is 30.9 Å². The van der Waals surface area contributed by atoms with Crippen LogP contribution in [0.2, 0.25) is 0 Å². The lowest BCUT2D eigenvalue weighted by atomic mass is 9.73. The van der Waals surface area contributed by atoms with E-state index in [9.17, 15) is 19.5 Å². The van der Waals surface area contributed by atoms with Crippen LogP contribution in [0.1, 0.15) is 29.2 Å². The molecule has 3 aromatic rings. The molecule has 0 saturated heterocycles. The highest BCUT2D eigenvalue weighted by Gasteiger charge is 2.30. The van der Waals surface area contributed by atoms with Gasteiger partial charge in [0.1, 0.15) is 15.7 Å². The summed E-state index contributed by atoms with van der Waals surface area (Å²) >= 11 is 0. The Kier molecular flexibility index (Phi) is 8.64. The molecule has 4 rings (SSSR count). The molecule has 17 heteroatoms. The van der Waals surface area contributed by atoms with Gasteiger partial charge in [0.15, 0.2) is 23.1 Å². The highest BCUT2D eigenvalue weighted by atomic mass is 16.5. The summed E-state index contributed by atoms with van der Waals surface area (Å²) in [6.45, 7) is -0.110. The molecule has 2 aromatic heterocycles. The summed E-state index contributed by atoms with van der Waals surface area (Å²) < 4.78 is 10.9. The summed E-state index contributed by atoms with van der Waals surface area (Å²) in [5.74, 6) is -1.24. The van der Waals surface area contributed by atoms with E-state index in [1.807, 2.05) is 5.32 Å². The molecule has 6 N–H and O–H groups in total. The largest absolute Gasteiger partial charge is 0.494 e. The van der Waals surface area contributed by atoms with E-state index in [1.54, 1.807) is 18.2 Å². The molecule has 2 heterocycles. The van der Waals surface area contributed by atoms with Gasteiger partial charge in [-0.05, 0) is 25.0 Å². The molecule has 0 unspecified atom stereocenters. The van der Waals surface area contributed by atoms with Crippen molar-refractivity contribution in [2.24, 2.45) is 5.92 Å². The van der Waals surface area contributed by atoms with Crippen molar-refractivity contribution < 1.29 is 33.9 Å². The first-order valence-electron chi connectivity index (χ1n) is 12.0. The van der Waals surface area contributed by atoms with E-state index >= 15 is 0 Å². The van der Waals surface area contributed by atoms with Crippen molar-refractivity contribution in [3.8, 4) is 17.2 Å². The third-order valence-electron chi connectivity index (χ3n) is 5.46. The predicted octanol–water partition coefficient (Wildman–Crippen LogP) is -1.05. The molecule has 1 aliphatic carbocycles. The van der Waals surface area contributed by atoms with Crippen LogP contribution in [0, 0.1) is 5.92 Å². The highest BCUT2D eigenvalue weighted by molar-refractivity contribution is 6.39. The Balaban J connectivity index is 1.65. The predicted molar refractivity (Wildman–Crippen MR) is 141 cm³/mol. The fourth-order valence-corrected chi connectivity index (χ4v) is 3.54. The van der Waals surface area contributed by atoms with Gasteiger partial charge in [0.05, 0.1) is 37.1 Å². The van der Waals surface area contributed by atoms with Crippen molar-refractivity contribution in [1.29, 1.82) is 0 Å². The van der Waals surface area contributed by atoms with Crippen molar-refractivity contribution in [2.45, 2.75) is 24.8 Å². The molecule has 1 aromatic carbocycles. The van der Waals surface area contributed by atoms with Gasteiger partial charge in [-0.3, -0.25) is 14.4 Å². The summed E-state index contributed by atoms with van der Waals surface area (Å²) in [6, 6.07) is 6.27. The Morgan fingerprint density at radius 2 is 1.98 bits per heavy atom. The van der Waals surface area contributed by atoms with Crippen molar-refractivity contribution >= 4 is 50.6 Å². The number of nitrogens with one attached hydrogen (secondary N) is 4. The van der Waals surface area contributed by atoms with Gasteiger partial charge in [-0.25, -0.2) is 0 Å². The van der Waals surface area contributed by atoms with Gasteiger partial charge in [-0.1, -0.05) is 11.2 Å². The van der Waals surface area contributed by atoms with Crippen LogP contribution in [0.5, 0.6) is 5.75 Å². The molecule has 204 valence electrons. The molecule has 15 nitrogen and oxygen atoms in total.